The van der Waals surface area contributed by atoms with Gasteiger partial charge in [0.1, 0.15) is 0 Å². The molecule has 0 aliphatic heterocycles. The Balaban J connectivity index is 2.07. The van der Waals surface area contributed by atoms with Crippen molar-refractivity contribution >= 4 is 28.6 Å². The Bertz CT molecular complexity index is 510. The summed E-state index contributed by atoms with van der Waals surface area (Å²) in [4.78, 5) is 2.57. The van der Waals surface area contributed by atoms with Crippen molar-refractivity contribution in [3.8, 4) is 0 Å². The van der Waals surface area contributed by atoms with Gasteiger partial charge in [-0.15, -0.1) is 11.3 Å². The van der Waals surface area contributed by atoms with Gasteiger partial charge in [-0.25, -0.2) is 0 Å². The van der Waals surface area contributed by atoms with E-state index in [2.05, 4.69) is 24.4 Å². The van der Waals surface area contributed by atoms with Gasteiger partial charge < -0.3 is 10.4 Å². The van der Waals surface area contributed by atoms with Crippen molar-refractivity contribution in [3.05, 3.63) is 50.7 Å². The van der Waals surface area contributed by atoms with Crippen LogP contribution in [0.25, 0.3) is 0 Å². The highest BCUT2D eigenvalue weighted by Gasteiger charge is 2.02. The van der Waals surface area contributed by atoms with Crippen LogP contribution < -0.4 is 5.32 Å². The Kier molecular flexibility index (Phi) is 4.05. The minimum Gasteiger partial charge on any atom is -0.392 e. The van der Waals surface area contributed by atoms with Crippen LogP contribution in [0.2, 0.25) is 5.02 Å². The highest BCUT2D eigenvalue weighted by molar-refractivity contribution is 7.11. The van der Waals surface area contributed by atoms with Gasteiger partial charge in [0, 0.05) is 16.3 Å². The molecule has 2 nitrogen and oxygen atoms in total. The first kappa shape index (κ1) is 12.4. The van der Waals surface area contributed by atoms with Gasteiger partial charge >= 0.3 is 0 Å². The highest BCUT2D eigenvalue weighted by Crippen LogP contribution is 2.24. The van der Waals surface area contributed by atoms with E-state index in [4.69, 9.17) is 16.7 Å². The topological polar surface area (TPSA) is 32.3 Å². The van der Waals surface area contributed by atoms with Gasteiger partial charge in [-0.2, -0.15) is 0 Å². The largest absolute Gasteiger partial charge is 0.392 e. The molecule has 17 heavy (non-hydrogen) atoms. The molecular weight excluding hydrogens is 254 g/mol. The number of nitrogens with one attached hydrogen (secondary N) is 1. The number of hydrogen-bond donors (Lipinski definition) is 2. The van der Waals surface area contributed by atoms with E-state index in [0.717, 1.165) is 17.8 Å². The van der Waals surface area contributed by atoms with Crippen molar-refractivity contribution in [2.75, 3.05) is 5.32 Å². The number of aliphatic hydroxyl groups is 1. The van der Waals surface area contributed by atoms with Crippen LogP contribution in [0, 0.1) is 6.92 Å². The molecule has 0 bridgehead atoms. The molecule has 0 unspecified atom stereocenters. The van der Waals surface area contributed by atoms with E-state index in [0.29, 0.717) is 5.02 Å². The van der Waals surface area contributed by atoms with Crippen molar-refractivity contribution in [1.29, 1.82) is 0 Å². The summed E-state index contributed by atoms with van der Waals surface area (Å²) in [5, 5.41) is 13.0. The predicted octanol–water partition coefficient (Wildman–Crippen LogP) is 3.81. The van der Waals surface area contributed by atoms with E-state index in [9.17, 15) is 0 Å². The van der Waals surface area contributed by atoms with Gasteiger partial charge in [-0.05, 0) is 36.8 Å². The molecule has 2 rings (SSSR count). The summed E-state index contributed by atoms with van der Waals surface area (Å²) in [5.41, 5.74) is 1.73. The highest BCUT2D eigenvalue weighted by atomic mass is 35.5. The lowest BCUT2D eigenvalue weighted by molar-refractivity contribution is 0.282. The van der Waals surface area contributed by atoms with E-state index in [1.807, 2.05) is 12.1 Å². The van der Waals surface area contributed by atoms with Crippen LogP contribution in [-0.2, 0) is 13.2 Å². The molecule has 0 radical (unpaired) electrons. The van der Waals surface area contributed by atoms with Crippen molar-refractivity contribution in [2.24, 2.45) is 0 Å². The number of rotatable bonds is 4. The van der Waals surface area contributed by atoms with Gasteiger partial charge in [0.2, 0.25) is 0 Å². The first-order chi connectivity index (χ1) is 8.19. The zero-order chi connectivity index (χ0) is 12.3. The Morgan fingerprint density at radius 1 is 1.29 bits per heavy atom. The number of hydrogen-bond acceptors (Lipinski definition) is 3. The SMILES string of the molecule is Cc1ccc(CNc2cc(CO)ccc2Cl)s1. The number of anilines is 1. The van der Waals surface area contributed by atoms with Gasteiger partial charge in [-0.1, -0.05) is 17.7 Å². The van der Waals surface area contributed by atoms with Crippen LogP contribution in [0.5, 0.6) is 0 Å². The Morgan fingerprint density at radius 2 is 2.12 bits per heavy atom. The Morgan fingerprint density at radius 3 is 2.76 bits per heavy atom. The monoisotopic (exact) mass is 267 g/mol. The van der Waals surface area contributed by atoms with E-state index < -0.39 is 0 Å². The molecule has 1 aromatic carbocycles. The van der Waals surface area contributed by atoms with Crippen LogP contribution in [0.4, 0.5) is 5.69 Å². The molecule has 2 aromatic rings. The van der Waals surface area contributed by atoms with Gasteiger partial charge in [0.15, 0.2) is 0 Å². The maximum Gasteiger partial charge on any atom is 0.0682 e. The summed E-state index contributed by atoms with van der Waals surface area (Å²) < 4.78 is 0. The lowest BCUT2D eigenvalue weighted by Gasteiger charge is -2.08. The lowest BCUT2D eigenvalue weighted by atomic mass is 10.2. The molecule has 1 heterocycles. The number of thiophene rings is 1. The minimum atomic E-state index is 0.0317. The maximum absolute atomic E-state index is 9.07. The van der Waals surface area contributed by atoms with Crippen LogP contribution in [0.1, 0.15) is 15.3 Å². The van der Waals surface area contributed by atoms with E-state index in [1.54, 1.807) is 17.4 Å². The fraction of sp³-hybridized carbons (Fsp3) is 0.231. The van der Waals surface area contributed by atoms with Gasteiger partial charge in [0.05, 0.1) is 17.3 Å². The maximum atomic E-state index is 9.07. The third-order valence-corrected chi connectivity index (χ3v) is 3.79. The van der Waals surface area contributed by atoms with Gasteiger partial charge in [0.25, 0.3) is 0 Å². The summed E-state index contributed by atoms with van der Waals surface area (Å²) in [6, 6.07) is 9.71. The molecule has 1 aromatic heterocycles. The summed E-state index contributed by atoms with van der Waals surface area (Å²) >= 11 is 7.85. The predicted molar refractivity (Wildman–Crippen MR) is 73.8 cm³/mol. The molecule has 0 atom stereocenters. The summed E-state index contributed by atoms with van der Waals surface area (Å²) in [6.07, 6.45) is 0. The first-order valence-electron chi connectivity index (χ1n) is 5.37. The number of benzene rings is 1. The van der Waals surface area contributed by atoms with Gasteiger partial charge in [-0.3, -0.25) is 0 Å². The first-order valence-corrected chi connectivity index (χ1v) is 6.57. The number of halogens is 1. The van der Waals surface area contributed by atoms with Crippen LogP contribution >= 0.6 is 22.9 Å². The molecule has 2 N–H and O–H groups in total. The molecule has 0 aliphatic carbocycles. The Labute approximate surface area is 110 Å². The zero-order valence-corrected chi connectivity index (χ0v) is 11.1. The standard InChI is InChI=1S/C13H14ClNOS/c1-9-2-4-11(17-9)7-15-13-6-10(8-16)3-5-12(13)14/h2-6,15-16H,7-8H2,1H3. The van der Waals surface area contributed by atoms with Crippen molar-refractivity contribution < 1.29 is 5.11 Å². The van der Waals surface area contributed by atoms with Crippen molar-refractivity contribution in [2.45, 2.75) is 20.1 Å². The van der Waals surface area contributed by atoms with E-state index in [1.165, 1.54) is 9.75 Å². The van der Waals surface area contributed by atoms with E-state index >= 15 is 0 Å². The van der Waals surface area contributed by atoms with Crippen LogP contribution in [0.15, 0.2) is 30.3 Å². The summed E-state index contributed by atoms with van der Waals surface area (Å²) in [5.74, 6) is 0. The minimum absolute atomic E-state index is 0.0317. The normalized spacial score (nSPS) is 10.5. The third kappa shape index (κ3) is 3.22. The fourth-order valence-corrected chi connectivity index (χ4v) is 2.58. The molecular formula is C13H14ClNOS. The average molecular weight is 268 g/mol. The lowest BCUT2D eigenvalue weighted by Crippen LogP contribution is -1.99. The molecule has 0 amide bonds. The molecule has 0 aliphatic rings. The molecule has 0 spiro atoms. The summed E-state index contributed by atoms with van der Waals surface area (Å²) in [6.45, 7) is 2.88. The van der Waals surface area contributed by atoms with Crippen molar-refractivity contribution in [3.63, 3.8) is 0 Å². The molecule has 0 saturated heterocycles. The molecule has 4 heteroatoms. The second-order valence-electron chi connectivity index (χ2n) is 3.84. The molecule has 0 fully saturated rings. The number of aliphatic hydroxyl groups excluding tert-OH is 1. The average Bonchev–Trinajstić information content (AvgIpc) is 2.74. The van der Waals surface area contributed by atoms with E-state index in [-0.39, 0.29) is 6.61 Å². The second kappa shape index (κ2) is 5.54. The second-order valence-corrected chi connectivity index (χ2v) is 5.62. The molecule has 0 saturated carbocycles. The van der Waals surface area contributed by atoms with Crippen molar-refractivity contribution in [1.82, 2.24) is 0 Å². The zero-order valence-electron chi connectivity index (χ0n) is 9.53. The van der Waals surface area contributed by atoms with Crippen LogP contribution in [-0.4, -0.2) is 5.11 Å². The summed E-state index contributed by atoms with van der Waals surface area (Å²) in [7, 11) is 0. The smallest absolute Gasteiger partial charge is 0.0682 e. The van der Waals surface area contributed by atoms with Crippen LogP contribution in [0.3, 0.4) is 0 Å². The quantitative estimate of drug-likeness (QED) is 0.883. The number of aryl methyl sites for hydroxylation is 1. The Hall–Kier alpha value is -1.03. The fourth-order valence-electron chi connectivity index (χ4n) is 1.57. The third-order valence-electron chi connectivity index (χ3n) is 2.46. The molecule has 90 valence electrons.